The van der Waals surface area contributed by atoms with Gasteiger partial charge in [0.2, 0.25) is 0 Å². The molecule has 0 amide bonds. The van der Waals surface area contributed by atoms with E-state index in [4.69, 9.17) is 0 Å². The maximum atomic E-state index is 9.61. The molecule has 2 heterocycles. The van der Waals surface area contributed by atoms with Crippen molar-refractivity contribution in [1.82, 2.24) is 9.80 Å². The lowest BCUT2D eigenvalue weighted by atomic mass is 9.95. The molecule has 3 heteroatoms. The minimum atomic E-state index is 0.404. The van der Waals surface area contributed by atoms with Gasteiger partial charge >= 0.3 is 0 Å². The third kappa shape index (κ3) is 9.96. The highest BCUT2D eigenvalue weighted by Crippen LogP contribution is 2.18. The number of hydrogen-bond donors (Lipinski definition) is 1. The van der Waals surface area contributed by atoms with Crippen LogP contribution in [0.3, 0.4) is 0 Å². The summed E-state index contributed by atoms with van der Waals surface area (Å²) in [5.74, 6) is 0.567. The van der Waals surface area contributed by atoms with Crippen LogP contribution in [0, 0.1) is 5.92 Å². The molecule has 2 rings (SSSR count). The highest BCUT2D eigenvalue weighted by Gasteiger charge is 2.11. The average Bonchev–Trinajstić information content (AvgIpc) is 3.32. The Hall–Kier alpha value is -0.120. The van der Waals surface area contributed by atoms with Crippen LogP contribution >= 0.6 is 0 Å². The first-order chi connectivity index (χ1) is 12.4. The topological polar surface area (TPSA) is 26.7 Å². The van der Waals surface area contributed by atoms with E-state index in [2.05, 4.69) is 9.80 Å². The molecule has 0 spiro atoms. The van der Waals surface area contributed by atoms with E-state index in [1.165, 1.54) is 129 Å². The standard InChI is InChI=1S/C22H44N2O/c25-21-22(13-5-1-3-7-15-23-17-9-10-18-23)14-6-2-4-8-16-24-19-11-12-20-24/h22,25H,1-21H2. The SMILES string of the molecule is OCC(CCCCCCN1CCCC1)CCCCCCN1CCCC1. The largest absolute Gasteiger partial charge is 0.396 e. The Balaban J connectivity index is 1.34. The first kappa shape index (κ1) is 21.2. The van der Waals surface area contributed by atoms with Gasteiger partial charge in [-0.15, -0.1) is 0 Å². The molecule has 0 aromatic heterocycles. The van der Waals surface area contributed by atoms with Crippen molar-refractivity contribution in [1.29, 1.82) is 0 Å². The molecule has 2 aliphatic rings. The number of nitrogens with zero attached hydrogens (tertiary/aromatic N) is 2. The van der Waals surface area contributed by atoms with Crippen molar-refractivity contribution in [3.63, 3.8) is 0 Å². The molecule has 0 aromatic carbocycles. The second kappa shape index (κ2) is 14.0. The lowest BCUT2D eigenvalue weighted by molar-refractivity contribution is 0.203. The fraction of sp³-hybridized carbons (Fsp3) is 1.00. The van der Waals surface area contributed by atoms with Gasteiger partial charge in [0.1, 0.15) is 0 Å². The van der Waals surface area contributed by atoms with Crippen molar-refractivity contribution in [2.45, 2.75) is 89.9 Å². The summed E-state index contributed by atoms with van der Waals surface area (Å²) in [4.78, 5) is 5.25. The van der Waals surface area contributed by atoms with Crippen molar-refractivity contribution < 1.29 is 5.11 Å². The summed E-state index contributed by atoms with van der Waals surface area (Å²) in [6.07, 6.45) is 19.0. The van der Waals surface area contributed by atoms with E-state index in [9.17, 15) is 5.11 Å². The number of hydrogen-bond acceptors (Lipinski definition) is 3. The van der Waals surface area contributed by atoms with Gasteiger partial charge in [0, 0.05) is 6.61 Å². The number of rotatable bonds is 15. The Labute approximate surface area is 157 Å². The minimum Gasteiger partial charge on any atom is -0.396 e. The van der Waals surface area contributed by atoms with Gasteiger partial charge in [-0.05, 0) is 96.6 Å². The third-order valence-electron chi connectivity index (χ3n) is 6.33. The summed E-state index contributed by atoms with van der Waals surface area (Å²) in [5, 5.41) is 9.61. The molecule has 148 valence electrons. The molecule has 0 aromatic rings. The highest BCUT2D eigenvalue weighted by atomic mass is 16.3. The summed E-state index contributed by atoms with van der Waals surface area (Å²) in [6, 6.07) is 0. The Morgan fingerprint density at radius 2 is 0.960 bits per heavy atom. The highest BCUT2D eigenvalue weighted by molar-refractivity contribution is 4.67. The lowest BCUT2D eigenvalue weighted by Crippen LogP contribution is -2.20. The molecule has 3 nitrogen and oxygen atoms in total. The summed E-state index contributed by atoms with van der Waals surface area (Å²) >= 11 is 0. The molecule has 0 atom stereocenters. The normalized spacial score (nSPS) is 19.4. The van der Waals surface area contributed by atoms with E-state index >= 15 is 0 Å². The molecule has 0 saturated carbocycles. The van der Waals surface area contributed by atoms with Crippen LogP contribution in [0.2, 0.25) is 0 Å². The molecule has 1 N–H and O–H groups in total. The van der Waals surface area contributed by atoms with E-state index in [0.29, 0.717) is 12.5 Å². The molecule has 0 aliphatic carbocycles. The molecule has 2 aliphatic heterocycles. The first-order valence-corrected chi connectivity index (χ1v) is 11.4. The van der Waals surface area contributed by atoms with E-state index in [0.717, 1.165) is 0 Å². The van der Waals surface area contributed by atoms with Crippen molar-refractivity contribution in [3.8, 4) is 0 Å². The smallest absolute Gasteiger partial charge is 0.0459 e. The molecule has 0 unspecified atom stereocenters. The quantitative estimate of drug-likeness (QED) is 0.433. The van der Waals surface area contributed by atoms with Gasteiger partial charge in [-0.3, -0.25) is 0 Å². The van der Waals surface area contributed by atoms with E-state index in [1.807, 2.05) is 0 Å². The summed E-state index contributed by atoms with van der Waals surface area (Å²) < 4.78 is 0. The van der Waals surface area contributed by atoms with Gasteiger partial charge < -0.3 is 14.9 Å². The van der Waals surface area contributed by atoms with Crippen LogP contribution in [-0.2, 0) is 0 Å². The summed E-state index contributed by atoms with van der Waals surface area (Å²) in [7, 11) is 0. The van der Waals surface area contributed by atoms with Crippen LogP contribution in [0.1, 0.15) is 89.9 Å². The number of aliphatic hydroxyl groups excluding tert-OH is 1. The van der Waals surface area contributed by atoms with E-state index < -0.39 is 0 Å². The van der Waals surface area contributed by atoms with E-state index in [1.54, 1.807) is 0 Å². The fourth-order valence-electron chi connectivity index (χ4n) is 4.58. The average molecular weight is 353 g/mol. The second-order valence-electron chi connectivity index (χ2n) is 8.55. The third-order valence-corrected chi connectivity index (χ3v) is 6.33. The Morgan fingerprint density at radius 1 is 0.560 bits per heavy atom. The molecule has 0 bridgehead atoms. The van der Waals surface area contributed by atoms with Gasteiger partial charge in [0.25, 0.3) is 0 Å². The van der Waals surface area contributed by atoms with Crippen LogP contribution < -0.4 is 0 Å². The zero-order valence-electron chi connectivity index (χ0n) is 16.8. The molecular formula is C22H44N2O. The van der Waals surface area contributed by atoms with Crippen LogP contribution in [0.4, 0.5) is 0 Å². The van der Waals surface area contributed by atoms with Crippen molar-refractivity contribution in [3.05, 3.63) is 0 Å². The zero-order valence-corrected chi connectivity index (χ0v) is 16.8. The fourth-order valence-corrected chi connectivity index (χ4v) is 4.58. The molecular weight excluding hydrogens is 308 g/mol. The number of aliphatic hydroxyl groups is 1. The van der Waals surface area contributed by atoms with Crippen LogP contribution in [0.25, 0.3) is 0 Å². The van der Waals surface area contributed by atoms with Crippen molar-refractivity contribution in [2.24, 2.45) is 5.92 Å². The van der Waals surface area contributed by atoms with Crippen LogP contribution in [0.5, 0.6) is 0 Å². The monoisotopic (exact) mass is 352 g/mol. The number of likely N-dealkylation sites (tertiary alicyclic amines) is 2. The first-order valence-electron chi connectivity index (χ1n) is 11.4. The Morgan fingerprint density at radius 3 is 1.36 bits per heavy atom. The second-order valence-corrected chi connectivity index (χ2v) is 8.55. The maximum Gasteiger partial charge on any atom is 0.0459 e. The predicted octanol–water partition coefficient (Wildman–Crippen LogP) is 4.69. The molecule has 25 heavy (non-hydrogen) atoms. The predicted molar refractivity (Wildman–Crippen MR) is 108 cm³/mol. The van der Waals surface area contributed by atoms with Gasteiger partial charge in [0.15, 0.2) is 0 Å². The van der Waals surface area contributed by atoms with Crippen LogP contribution in [0.15, 0.2) is 0 Å². The molecule has 2 saturated heterocycles. The lowest BCUT2D eigenvalue weighted by Gasteiger charge is -2.16. The van der Waals surface area contributed by atoms with Gasteiger partial charge in [-0.2, -0.15) is 0 Å². The van der Waals surface area contributed by atoms with Gasteiger partial charge in [0.05, 0.1) is 0 Å². The molecule has 2 fully saturated rings. The van der Waals surface area contributed by atoms with Gasteiger partial charge in [-0.25, -0.2) is 0 Å². The zero-order chi connectivity index (χ0) is 17.6. The summed E-state index contributed by atoms with van der Waals surface area (Å²) in [5.41, 5.74) is 0. The number of unbranched alkanes of at least 4 members (excludes halogenated alkanes) is 6. The van der Waals surface area contributed by atoms with Crippen molar-refractivity contribution in [2.75, 3.05) is 45.9 Å². The Kier molecular flexibility index (Phi) is 11.9. The Bertz CT molecular complexity index is 270. The van der Waals surface area contributed by atoms with Crippen LogP contribution in [-0.4, -0.2) is 60.8 Å². The summed E-state index contributed by atoms with van der Waals surface area (Å²) in [6.45, 7) is 8.40. The molecule has 0 radical (unpaired) electrons. The van der Waals surface area contributed by atoms with Gasteiger partial charge in [-0.1, -0.05) is 38.5 Å². The van der Waals surface area contributed by atoms with E-state index in [-0.39, 0.29) is 0 Å². The minimum absolute atomic E-state index is 0.404. The maximum absolute atomic E-state index is 9.61. The van der Waals surface area contributed by atoms with Crippen molar-refractivity contribution >= 4 is 0 Å².